The van der Waals surface area contributed by atoms with Gasteiger partial charge in [-0.25, -0.2) is 14.5 Å². The first-order valence-electron chi connectivity index (χ1n) is 9.37. The highest BCUT2D eigenvalue weighted by atomic mass is 32.1. The van der Waals surface area contributed by atoms with E-state index in [1.165, 1.54) is 11.3 Å². The predicted molar refractivity (Wildman–Crippen MR) is 114 cm³/mol. The minimum Gasteiger partial charge on any atom is -0.451 e. The van der Waals surface area contributed by atoms with Gasteiger partial charge in [-0.3, -0.25) is 0 Å². The van der Waals surface area contributed by atoms with E-state index in [1.54, 1.807) is 16.3 Å². The number of hydrogen-bond acceptors (Lipinski definition) is 8. The van der Waals surface area contributed by atoms with Gasteiger partial charge in [0.05, 0.1) is 11.9 Å². The van der Waals surface area contributed by atoms with Crippen LogP contribution in [0.4, 0.5) is 0 Å². The second-order valence-electron chi connectivity index (χ2n) is 6.49. The molecule has 0 aliphatic heterocycles. The standard InChI is InChI=1S/C22H15N5O3S/c28-22(29-13-19-25-26-20(30-19)15-7-3-1-4-8-15)18-14-31-21(24-18)16-11-23-27(12-16)17-9-5-2-6-10-17/h1-12,14H,13H2. The van der Waals surface area contributed by atoms with E-state index in [2.05, 4.69) is 20.3 Å². The van der Waals surface area contributed by atoms with E-state index in [0.717, 1.165) is 16.8 Å². The SMILES string of the molecule is O=C(OCc1nnc(-c2ccccc2)o1)c1csc(-c2cnn(-c3ccccc3)c2)n1. The van der Waals surface area contributed by atoms with Gasteiger partial charge in [-0.1, -0.05) is 36.4 Å². The number of carbonyl (C=O) groups is 1. The Morgan fingerprint density at radius 3 is 2.58 bits per heavy atom. The number of nitrogens with zero attached hydrogens (tertiary/aromatic N) is 5. The lowest BCUT2D eigenvalue weighted by atomic mass is 10.2. The molecule has 9 heteroatoms. The molecule has 0 unspecified atom stereocenters. The Bertz CT molecular complexity index is 1310. The molecule has 0 saturated heterocycles. The van der Waals surface area contributed by atoms with Crippen LogP contribution in [-0.2, 0) is 11.3 Å². The highest BCUT2D eigenvalue weighted by Crippen LogP contribution is 2.25. The molecule has 0 saturated carbocycles. The molecule has 0 N–H and O–H groups in total. The molecule has 152 valence electrons. The monoisotopic (exact) mass is 429 g/mol. The molecule has 5 rings (SSSR count). The van der Waals surface area contributed by atoms with Crippen molar-refractivity contribution in [2.75, 3.05) is 0 Å². The number of rotatable bonds is 6. The summed E-state index contributed by atoms with van der Waals surface area (Å²) in [5.41, 5.74) is 2.78. The number of aromatic nitrogens is 5. The van der Waals surface area contributed by atoms with Crippen LogP contribution in [0.5, 0.6) is 0 Å². The molecule has 0 bridgehead atoms. The number of hydrogen-bond donors (Lipinski definition) is 0. The molecular formula is C22H15N5O3S. The molecule has 3 aromatic heterocycles. The lowest BCUT2D eigenvalue weighted by Gasteiger charge is -1.99. The summed E-state index contributed by atoms with van der Waals surface area (Å²) < 4.78 is 12.6. The molecule has 0 fully saturated rings. The minimum atomic E-state index is -0.558. The average molecular weight is 429 g/mol. The summed E-state index contributed by atoms with van der Waals surface area (Å²) in [4.78, 5) is 16.8. The number of benzene rings is 2. The fourth-order valence-corrected chi connectivity index (χ4v) is 3.63. The summed E-state index contributed by atoms with van der Waals surface area (Å²) in [6, 6.07) is 19.1. The van der Waals surface area contributed by atoms with Gasteiger partial charge >= 0.3 is 5.97 Å². The molecule has 0 aliphatic rings. The maximum absolute atomic E-state index is 12.4. The van der Waals surface area contributed by atoms with Crippen molar-refractivity contribution in [2.45, 2.75) is 6.61 Å². The summed E-state index contributed by atoms with van der Waals surface area (Å²) >= 11 is 1.35. The number of carbonyl (C=O) groups excluding carboxylic acids is 1. The maximum Gasteiger partial charge on any atom is 0.358 e. The van der Waals surface area contributed by atoms with Crippen molar-refractivity contribution in [3.63, 3.8) is 0 Å². The van der Waals surface area contributed by atoms with E-state index >= 15 is 0 Å². The van der Waals surface area contributed by atoms with Gasteiger partial charge in [-0.15, -0.1) is 21.5 Å². The van der Waals surface area contributed by atoms with E-state index in [-0.39, 0.29) is 18.2 Å². The van der Waals surface area contributed by atoms with Crippen LogP contribution in [0.1, 0.15) is 16.4 Å². The van der Waals surface area contributed by atoms with Gasteiger partial charge in [0.25, 0.3) is 5.89 Å². The highest BCUT2D eigenvalue weighted by Gasteiger charge is 2.16. The van der Waals surface area contributed by atoms with Gasteiger partial charge in [-0.2, -0.15) is 5.10 Å². The van der Waals surface area contributed by atoms with Gasteiger partial charge in [0.2, 0.25) is 5.89 Å². The van der Waals surface area contributed by atoms with Crippen LogP contribution in [0.3, 0.4) is 0 Å². The van der Waals surface area contributed by atoms with Gasteiger partial charge in [0.1, 0.15) is 5.01 Å². The molecule has 0 aliphatic carbocycles. The van der Waals surface area contributed by atoms with Crippen LogP contribution in [0, 0.1) is 0 Å². The van der Waals surface area contributed by atoms with Crippen molar-refractivity contribution in [3.05, 3.63) is 90.0 Å². The van der Waals surface area contributed by atoms with Gasteiger partial charge in [0.15, 0.2) is 12.3 Å². The van der Waals surface area contributed by atoms with E-state index in [4.69, 9.17) is 9.15 Å². The van der Waals surface area contributed by atoms with Crippen molar-refractivity contribution < 1.29 is 13.9 Å². The first-order chi connectivity index (χ1) is 15.3. The minimum absolute atomic E-state index is 0.128. The summed E-state index contributed by atoms with van der Waals surface area (Å²) in [5.74, 6) is 0.0298. The van der Waals surface area contributed by atoms with Crippen molar-refractivity contribution in [3.8, 4) is 27.7 Å². The number of para-hydroxylation sites is 1. The molecular weight excluding hydrogens is 414 g/mol. The zero-order valence-electron chi connectivity index (χ0n) is 16.1. The largest absolute Gasteiger partial charge is 0.451 e. The lowest BCUT2D eigenvalue weighted by Crippen LogP contribution is -2.05. The third-order valence-corrected chi connectivity index (χ3v) is 5.27. The topological polar surface area (TPSA) is 95.9 Å². The van der Waals surface area contributed by atoms with Crippen LogP contribution in [0.2, 0.25) is 0 Å². The average Bonchev–Trinajstić information content (AvgIpc) is 3.59. The molecule has 0 spiro atoms. The quantitative estimate of drug-likeness (QED) is 0.369. The van der Waals surface area contributed by atoms with Crippen LogP contribution in [0.25, 0.3) is 27.7 Å². The first-order valence-corrected chi connectivity index (χ1v) is 10.3. The number of esters is 1. The Morgan fingerprint density at radius 2 is 1.77 bits per heavy atom. The summed E-state index contributed by atoms with van der Waals surface area (Å²) in [7, 11) is 0. The normalized spacial score (nSPS) is 10.8. The van der Waals surface area contributed by atoms with Crippen LogP contribution in [-0.4, -0.2) is 30.9 Å². The van der Waals surface area contributed by atoms with Gasteiger partial charge in [0, 0.05) is 22.7 Å². The molecule has 3 heterocycles. The third-order valence-electron chi connectivity index (χ3n) is 4.38. The smallest absolute Gasteiger partial charge is 0.358 e. The first kappa shape index (κ1) is 18.9. The Kier molecular flexibility index (Phi) is 5.07. The Labute approximate surface area is 180 Å². The number of ether oxygens (including phenoxy) is 1. The summed E-state index contributed by atoms with van der Waals surface area (Å²) in [6.45, 7) is -0.128. The fourth-order valence-electron chi connectivity index (χ4n) is 2.87. The van der Waals surface area contributed by atoms with E-state index < -0.39 is 5.97 Å². The second kappa shape index (κ2) is 8.33. The summed E-state index contributed by atoms with van der Waals surface area (Å²) in [6.07, 6.45) is 3.58. The number of thiazole rings is 1. The highest BCUT2D eigenvalue weighted by molar-refractivity contribution is 7.13. The van der Waals surface area contributed by atoms with Crippen molar-refractivity contribution in [1.29, 1.82) is 0 Å². The molecule has 8 nitrogen and oxygen atoms in total. The van der Waals surface area contributed by atoms with Crippen molar-refractivity contribution >= 4 is 17.3 Å². The van der Waals surface area contributed by atoms with Crippen molar-refractivity contribution in [2.24, 2.45) is 0 Å². The zero-order valence-corrected chi connectivity index (χ0v) is 16.9. The van der Waals surface area contributed by atoms with Gasteiger partial charge in [-0.05, 0) is 24.3 Å². The zero-order chi connectivity index (χ0) is 21.0. The van der Waals surface area contributed by atoms with Crippen LogP contribution >= 0.6 is 11.3 Å². The fraction of sp³-hybridized carbons (Fsp3) is 0.0455. The third kappa shape index (κ3) is 4.12. The van der Waals surface area contributed by atoms with Crippen LogP contribution < -0.4 is 0 Å². The van der Waals surface area contributed by atoms with E-state index in [0.29, 0.717) is 10.9 Å². The molecule has 5 aromatic rings. The molecule has 0 amide bonds. The predicted octanol–water partition coefficient (Wildman–Crippen LogP) is 4.40. The summed E-state index contributed by atoms with van der Waals surface area (Å²) in [5, 5.41) is 14.6. The molecule has 0 radical (unpaired) electrons. The van der Waals surface area contributed by atoms with Gasteiger partial charge < -0.3 is 9.15 Å². The van der Waals surface area contributed by atoms with E-state index in [9.17, 15) is 4.79 Å². The molecule has 31 heavy (non-hydrogen) atoms. The van der Waals surface area contributed by atoms with Crippen LogP contribution in [0.15, 0.2) is 82.9 Å². The van der Waals surface area contributed by atoms with Crippen molar-refractivity contribution in [1.82, 2.24) is 25.0 Å². The Morgan fingerprint density at radius 1 is 1.00 bits per heavy atom. The Hall–Kier alpha value is -4.11. The Balaban J connectivity index is 1.24. The molecule has 0 atom stereocenters. The molecule has 2 aromatic carbocycles. The van der Waals surface area contributed by atoms with E-state index in [1.807, 2.05) is 66.9 Å². The second-order valence-corrected chi connectivity index (χ2v) is 7.35. The lowest BCUT2D eigenvalue weighted by molar-refractivity contribution is 0.0433. The maximum atomic E-state index is 12.4.